The molecular weight excluding hydrogens is 601 g/mol. The highest BCUT2D eigenvalue weighted by molar-refractivity contribution is 6.32. The fraction of sp³-hybridized carbons (Fsp3) is 0.690. The van der Waals surface area contributed by atoms with E-state index in [4.69, 9.17) is 37.4 Å². The van der Waals surface area contributed by atoms with Gasteiger partial charge in [0, 0.05) is 39.8 Å². The topological polar surface area (TPSA) is 131 Å². The maximum atomic E-state index is 13.1. The molecule has 1 aliphatic heterocycles. The van der Waals surface area contributed by atoms with E-state index in [1.54, 1.807) is 25.7 Å². The molecule has 0 saturated carbocycles. The maximum Gasteiger partial charge on any atom is 0.410 e. The minimum atomic E-state index is -0.906. The van der Waals surface area contributed by atoms with Gasteiger partial charge in [0.25, 0.3) is 0 Å². The van der Waals surface area contributed by atoms with Gasteiger partial charge in [-0.1, -0.05) is 23.2 Å². The number of halogens is 2. The van der Waals surface area contributed by atoms with Gasteiger partial charge in [0.2, 0.25) is 0 Å². The molecule has 0 bridgehead atoms. The molecule has 242 valence electrons. The number of nitrogens with zero attached hydrogens (tertiary/aromatic N) is 4. The van der Waals surface area contributed by atoms with Crippen molar-refractivity contribution in [1.82, 2.24) is 25.0 Å². The van der Waals surface area contributed by atoms with E-state index in [1.807, 2.05) is 25.7 Å². The van der Waals surface area contributed by atoms with Gasteiger partial charge in [0.15, 0.2) is 0 Å². The minimum Gasteiger partial charge on any atom is -0.459 e. The summed E-state index contributed by atoms with van der Waals surface area (Å²) in [6, 6.07) is 1.98. The lowest BCUT2D eigenvalue weighted by Crippen LogP contribution is -2.53. The number of unbranched alkanes of at least 4 members (excludes halogenated alkanes) is 1. The van der Waals surface area contributed by atoms with E-state index in [1.165, 1.54) is 24.1 Å². The van der Waals surface area contributed by atoms with Gasteiger partial charge < -0.3 is 24.4 Å². The molecule has 1 saturated heterocycles. The van der Waals surface area contributed by atoms with Crippen molar-refractivity contribution in [3.05, 3.63) is 28.0 Å². The van der Waals surface area contributed by atoms with Crippen LogP contribution in [0, 0.1) is 0 Å². The highest BCUT2D eigenvalue weighted by Gasteiger charge is 2.31. The van der Waals surface area contributed by atoms with Crippen LogP contribution in [-0.2, 0) is 30.4 Å². The molecule has 1 atom stereocenters. The number of likely N-dealkylation sites (N-methyl/N-ethyl adjacent to an activating group) is 1. The van der Waals surface area contributed by atoms with Crippen LogP contribution in [0.4, 0.5) is 9.59 Å². The van der Waals surface area contributed by atoms with E-state index in [-0.39, 0.29) is 35.5 Å². The standard InChI is InChI=1S/C29H45Cl2N5O7/c1-28(2,3)42-24(37)18-35-12-14-36(15-13-35)26(39)32-11-9-8-10-21(34(7)27(40)43-29(4,5)6)25(38)41-19-20-16-22(30)33-23(31)17-20/h16-17,21H,8-15,18-19H2,1-7H3,(H,32,39)/t21-/m0/s1. The average molecular weight is 647 g/mol. The monoisotopic (exact) mass is 645 g/mol. The number of aromatic nitrogens is 1. The van der Waals surface area contributed by atoms with Crippen molar-refractivity contribution in [1.29, 1.82) is 0 Å². The first-order valence-corrected chi connectivity index (χ1v) is 15.1. The van der Waals surface area contributed by atoms with Gasteiger partial charge in [-0.25, -0.2) is 19.4 Å². The van der Waals surface area contributed by atoms with Crippen LogP contribution in [0.3, 0.4) is 0 Å². The van der Waals surface area contributed by atoms with Gasteiger partial charge in [-0.05, 0) is 78.5 Å². The van der Waals surface area contributed by atoms with Gasteiger partial charge in [0.05, 0.1) is 6.54 Å². The molecule has 0 spiro atoms. The Bertz CT molecular complexity index is 1100. The van der Waals surface area contributed by atoms with Crippen LogP contribution in [0.1, 0.15) is 66.4 Å². The van der Waals surface area contributed by atoms with E-state index >= 15 is 0 Å². The van der Waals surface area contributed by atoms with Crippen molar-refractivity contribution in [3.8, 4) is 0 Å². The second-order valence-electron chi connectivity index (χ2n) is 12.4. The van der Waals surface area contributed by atoms with E-state index < -0.39 is 29.3 Å². The largest absolute Gasteiger partial charge is 0.459 e. The molecule has 12 nitrogen and oxygen atoms in total. The van der Waals surface area contributed by atoms with Gasteiger partial charge in [0.1, 0.15) is 34.2 Å². The van der Waals surface area contributed by atoms with Gasteiger partial charge in [-0.3, -0.25) is 14.6 Å². The van der Waals surface area contributed by atoms with E-state index in [2.05, 4.69) is 10.3 Å². The van der Waals surface area contributed by atoms with Crippen molar-refractivity contribution in [3.63, 3.8) is 0 Å². The van der Waals surface area contributed by atoms with E-state index in [0.29, 0.717) is 57.5 Å². The number of carbonyl (C=O) groups excluding carboxylic acids is 4. The van der Waals surface area contributed by atoms with Crippen molar-refractivity contribution in [2.24, 2.45) is 0 Å². The number of amides is 3. The Hall–Kier alpha value is -2.83. The SMILES string of the molecule is CN(C(=O)OC(C)(C)C)[C@@H](CCCCNC(=O)N1CCN(CC(=O)OC(C)(C)C)CC1)C(=O)OCc1cc(Cl)nc(Cl)c1. The van der Waals surface area contributed by atoms with Crippen LogP contribution in [0.15, 0.2) is 12.1 Å². The van der Waals surface area contributed by atoms with Crippen LogP contribution in [0.2, 0.25) is 10.3 Å². The molecule has 0 aliphatic carbocycles. The number of nitrogens with one attached hydrogen (secondary N) is 1. The highest BCUT2D eigenvalue weighted by atomic mass is 35.5. The second kappa shape index (κ2) is 16.3. The van der Waals surface area contributed by atoms with Crippen LogP contribution >= 0.6 is 23.2 Å². The smallest absolute Gasteiger partial charge is 0.410 e. The average Bonchev–Trinajstić information content (AvgIpc) is 2.86. The van der Waals surface area contributed by atoms with Crippen LogP contribution in [0.25, 0.3) is 0 Å². The van der Waals surface area contributed by atoms with Gasteiger partial charge in [-0.2, -0.15) is 0 Å². The third kappa shape index (κ3) is 14.0. The predicted octanol–water partition coefficient (Wildman–Crippen LogP) is 4.51. The first-order valence-electron chi connectivity index (χ1n) is 14.3. The Kier molecular flexibility index (Phi) is 13.8. The molecule has 2 heterocycles. The summed E-state index contributed by atoms with van der Waals surface area (Å²) in [5.41, 5.74) is -0.713. The zero-order valence-electron chi connectivity index (χ0n) is 26.2. The zero-order chi connectivity index (χ0) is 32.4. The summed E-state index contributed by atoms with van der Waals surface area (Å²) in [5.74, 6) is -0.887. The molecular formula is C29H45Cl2N5O7. The molecule has 1 aliphatic rings. The van der Waals surface area contributed by atoms with Gasteiger partial charge >= 0.3 is 24.1 Å². The van der Waals surface area contributed by atoms with Crippen LogP contribution < -0.4 is 5.32 Å². The Morgan fingerprint density at radius 1 is 0.953 bits per heavy atom. The molecule has 2 rings (SSSR count). The number of esters is 2. The zero-order valence-corrected chi connectivity index (χ0v) is 27.7. The van der Waals surface area contributed by atoms with Crippen molar-refractivity contribution in [2.75, 3.05) is 46.3 Å². The van der Waals surface area contributed by atoms with Crippen molar-refractivity contribution in [2.45, 2.75) is 84.7 Å². The number of ether oxygens (including phenoxy) is 3. The third-order valence-electron chi connectivity index (χ3n) is 6.24. The Morgan fingerprint density at radius 2 is 1.53 bits per heavy atom. The van der Waals surface area contributed by atoms with Gasteiger partial charge in [-0.15, -0.1) is 0 Å². The number of piperazine rings is 1. The number of hydrogen-bond donors (Lipinski definition) is 1. The fourth-order valence-electron chi connectivity index (χ4n) is 4.21. The molecule has 43 heavy (non-hydrogen) atoms. The lowest BCUT2D eigenvalue weighted by molar-refractivity contribution is -0.156. The fourth-order valence-corrected chi connectivity index (χ4v) is 4.72. The minimum absolute atomic E-state index is 0.0967. The summed E-state index contributed by atoms with van der Waals surface area (Å²) in [7, 11) is 1.49. The predicted molar refractivity (Wildman–Crippen MR) is 163 cm³/mol. The summed E-state index contributed by atoms with van der Waals surface area (Å²) in [5, 5.41) is 3.25. The number of urea groups is 1. The summed E-state index contributed by atoms with van der Waals surface area (Å²) >= 11 is 11.9. The quantitative estimate of drug-likeness (QED) is 0.160. The summed E-state index contributed by atoms with van der Waals surface area (Å²) in [6.45, 7) is 13.3. The molecule has 14 heteroatoms. The molecule has 0 radical (unpaired) electrons. The first kappa shape index (κ1) is 36.4. The maximum absolute atomic E-state index is 13.1. The van der Waals surface area contributed by atoms with E-state index in [0.717, 1.165) is 0 Å². The first-order chi connectivity index (χ1) is 19.9. The second-order valence-corrected chi connectivity index (χ2v) is 13.2. The molecule has 0 unspecified atom stereocenters. The number of carbonyl (C=O) groups is 4. The molecule has 1 N–H and O–H groups in total. The molecule has 1 aromatic rings. The number of rotatable bonds is 11. The van der Waals surface area contributed by atoms with Crippen LogP contribution in [0.5, 0.6) is 0 Å². The third-order valence-corrected chi connectivity index (χ3v) is 6.62. The lowest BCUT2D eigenvalue weighted by Gasteiger charge is -2.34. The summed E-state index contributed by atoms with van der Waals surface area (Å²) < 4.78 is 16.3. The Labute approximate surface area is 264 Å². The normalized spacial score (nSPS) is 15.0. The molecule has 3 amide bonds. The summed E-state index contributed by atoms with van der Waals surface area (Å²) in [6.07, 6.45) is 0.755. The van der Waals surface area contributed by atoms with Crippen molar-refractivity contribution >= 4 is 47.3 Å². The molecule has 1 fully saturated rings. The summed E-state index contributed by atoms with van der Waals surface area (Å²) in [4.78, 5) is 59.3. The van der Waals surface area contributed by atoms with Crippen molar-refractivity contribution < 1.29 is 33.4 Å². The lowest BCUT2D eigenvalue weighted by atomic mass is 10.1. The Balaban J connectivity index is 1.83. The van der Waals surface area contributed by atoms with Crippen LogP contribution in [-0.4, -0.2) is 107 Å². The highest BCUT2D eigenvalue weighted by Crippen LogP contribution is 2.18. The molecule has 1 aromatic heterocycles. The Morgan fingerprint density at radius 3 is 2.09 bits per heavy atom. The van der Waals surface area contributed by atoms with E-state index in [9.17, 15) is 19.2 Å². The number of pyridine rings is 1. The number of hydrogen-bond acceptors (Lipinski definition) is 9. The molecule has 0 aromatic carbocycles.